The molecule has 1 N–H and O–H groups in total. The van der Waals surface area contributed by atoms with E-state index in [-0.39, 0.29) is 0 Å². The van der Waals surface area contributed by atoms with Gasteiger partial charge in [0.2, 0.25) is 0 Å². The van der Waals surface area contributed by atoms with Gasteiger partial charge >= 0.3 is 0 Å². The van der Waals surface area contributed by atoms with E-state index in [1.165, 1.54) is 6.42 Å². The minimum atomic E-state index is 0.379. The normalized spacial score (nSPS) is 21.1. The number of hydrogen-bond donors (Lipinski definition) is 1. The summed E-state index contributed by atoms with van der Waals surface area (Å²) >= 11 is 0. The largest absolute Gasteiger partial charge is 0.495 e. The van der Waals surface area contributed by atoms with Gasteiger partial charge in [0.15, 0.2) is 0 Å². The smallest absolute Gasteiger partial charge is 0.142 e. The number of rotatable bonds is 2. The van der Waals surface area contributed by atoms with Gasteiger partial charge in [-0.15, -0.1) is 0 Å². The van der Waals surface area contributed by atoms with Crippen molar-refractivity contribution in [2.24, 2.45) is 0 Å². The molecule has 0 aromatic carbocycles. The molecule has 0 radical (unpaired) electrons. The van der Waals surface area contributed by atoms with Crippen LogP contribution in [0.3, 0.4) is 0 Å². The molecule has 76 valence electrons. The zero-order chi connectivity index (χ0) is 9.97. The zero-order valence-corrected chi connectivity index (χ0v) is 8.71. The van der Waals surface area contributed by atoms with Crippen LogP contribution in [-0.2, 0) is 0 Å². The second-order valence-corrected chi connectivity index (χ2v) is 3.69. The lowest BCUT2D eigenvalue weighted by Crippen LogP contribution is -2.15. The minimum Gasteiger partial charge on any atom is -0.495 e. The van der Waals surface area contributed by atoms with Crippen LogP contribution < -0.4 is 10.1 Å². The summed E-state index contributed by atoms with van der Waals surface area (Å²) in [5.41, 5.74) is 2.11. The Labute approximate surface area is 84.5 Å². The van der Waals surface area contributed by atoms with Crippen molar-refractivity contribution in [1.82, 2.24) is 10.3 Å². The van der Waals surface area contributed by atoms with Gasteiger partial charge in [0.05, 0.1) is 18.8 Å². The Balaban J connectivity index is 2.33. The van der Waals surface area contributed by atoms with E-state index < -0.39 is 0 Å². The van der Waals surface area contributed by atoms with Gasteiger partial charge in [-0.25, -0.2) is 0 Å². The predicted molar refractivity (Wildman–Crippen MR) is 55.5 cm³/mol. The number of pyridine rings is 1. The molecule has 0 spiro atoms. The van der Waals surface area contributed by atoms with Gasteiger partial charge < -0.3 is 10.1 Å². The Hall–Kier alpha value is -1.09. The maximum absolute atomic E-state index is 5.31. The van der Waals surface area contributed by atoms with E-state index in [2.05, 4.69) is 10.3 Å². The van der Waals surface area contributed by atoms with Gasteiger partial charge in [-0.3, -0.25) is 4.98 Å². The number of ether oxygens (including phenoxy) is 1. The van der Waals surface area contributed by atoms with Gasteiger partial charge in [-0.1, -0.05) is 0 Å². The number of hydrogen-bond acceptors (Lipinski definition) is 3. The van der Waals surface area contributed by atoms with Crippen LogP contribution in [0.5, 0.6) is 5.75 Å². The SMILES string of the molecule is COc1ccc(C)nc1C1CCCN1. The van der Waals surface area contributed by atoms with E-state index >= 15 is 0 Å². The Kier molecular flexibility index (Phi) is 2.68. The van der Waals surface area contributed by atoms with Crippen molar-refractivity contribution >= 4 is 0 Å². The molecule has 0 saturated carbocycles. The van der Waals surface area contributed by atoms with Gasteiger partial charge in [0, 0.05) is 5.69 Å². The summed E-state index contributed by atoms with van der Waals surface area (Å²) in [6.45, 7) is 3.10. The molecule has 2 rings (SSSR count). The van der Waals surface area contributed by atoms with E-state index in [0.717, 1.165) is 30.1 Å². The van der Waals surface area contributed by atoms with Crippen LogP contribution in [0.15, 0.2) is 12.1 Å². The van der Waals surface area contributed by atoms with Crippen LogP contribution in [-0.4, -0.2) is 18.6 Å². The van der Waals surface area contributed by atoms with Crippen LogP contribution in [0.1, 0.15) is 30.3 Å². The Morgan fingerprint density at radius 3 is 3.00 bits per heavy atom. The molecule has 1 saturated heterocycles. The Morgan fingerprint density at radius 1 is 1.50 bits per heavy atom. The van der Waals surface area contributed by atoms with Crippen LogP contribution >= 0.6 is 0 Å². The summed E-state index contributed by atoms with van der Waals surface area (Å²) < 4.78 is 5.31. The fraction of sp³-hybridized carbons (Fsp3) is 0.545. The second kappa shape index (κ2) is 3.96. The standard InChI is InChI=1S/C11H16N2O/c1-8-5-6-10(14-2)11(13-8)9-4-3-7-12-9/h5-6,9,12H,3-4,7H2,1-2H3. The summed E-state index contributed by atoms with van der Waals surface area (Å²) in [7, 11) is 1.70. The van der Waals surface area contributed by atoms with E-state index in [0.29, 0.717) is 6.04 Å². The monoisotopic (exact) mass is 192 g/mol. The first-order valence-corrected chi connectivity index (χ1v) is 5.06. The average molecular weight is 192 g/mol. The molecule has 2 heterocycles. The molecule has 1 aromatic heterocycles. The third-order valence-corrected chi connectivity index (χ3v) is 2.64. The highest BCUT2D eigenvalue weighted by molar-refractivity contribution is 5.32. The number of methoxy groups -OCH3 is 1. The van der Waals surface area contributed by atoms with E-state index in [1.807, 2.05) is 19.1 Å². The van der Waals surface area contributed by atoms with Crippen molar-refractivity contribution in [3.05, 3.63) is 23.5 Å². The third-order valence-electron chi connectivity index (χ3n) is 2.64. The molecular weight excluding hydrogens is 176 g/mol. The van der Waals surface area contributed by atoms with Gasteiger partial charge in [-0.2, -0.15) is 0 Å². The minimum absolute atomic E-state index is 0.379. The molecule has 1 atom stereocenters. The molecule has 1 fully saturated rings. The van der Waals surface area contributed by atoms with Crippen molar-refractivity contribution in [2.45, 2.75) is 25.8 Å². The molecule has 3 nitrogen and oxygen atoms in total. The predicted octanol–water partition coefficient (Wildman–Crippen LogP) is 1.82. The van der Waals surface area contributed by atoms with E-state index in [9.17, 15) is 0 Å². The number of nitrogens with one attached hydrogen (secondary N) is 1. The summed E-state index contributed by atoms with van der Waals surface area (Å²) in [6.07, 6.45) is 2.39. The lowest BCUT2D eigenvalue weighted by molar-refractivity contribution is 0.398. The summed E-state index contributed by atoms with van der Waals surface area (Å²) in [6, 6.07) is 4.36. The summed E-state index contributed by atoms with van der Waals surface area (Å²) in [5.74, 6) is 0.898. The van der Waals surface area contributed by atoms with Crippen molar-refractivity contribution < 1.29 is 4.74 Å². The fourth-order valence-electron chi connectivity index (χ4n) is 1.90. The van der Waals surface area contributed by atoms with Crippen molar-refractivity contribution in [3.8, 4) is 5.75 Å². The van der Waals surface area contributed by atoms with Crippen LogP contribution in [0, 0.1) is 6.92 Å². The molecule has 1 aromatic rings. The quantitative estimate of drug-likeness (QED) is 0.776. The van der Waals surface area contributed by atoms with Crippen molar-refractivity contribution in [3.63, 3.8) is 0 Å². The molecule has 0 bridgehead atoms. The molecule has 1 aliphatic rings. The summed E-state index contributed by atoms with van der Waals surface area (Å²) in [5, 5.41) is 3.43. The maximum Gasteiger partial charge on any atom is 0.142 e. The second-order valence-electron chi connectivity index (χ2n) is 3.69. The number of aryl methyl sites for hydroxylation is 1. The lowest BCUT2D eigenvalue weighted by atomic mass is 10.1. The molecule has 0 amide bonds. The molecule has 0 aliphatic carbocycles. The van der Waals surface area contributed by atoms with Crippen LogP contribution in [0.4, 0.5) is 0 Å². The molecule has 3 heteroatoms. The van der Waals surface area contributed by atoms with Crippen molar-refractivity contribution in [1.29, 1.82) is 0 Å². The van der Waals surface area contributed by atoms with Gasteiger partial charge in [0.25, 0.3) is 0 Å². The molecule has 1 aliphatic heterocycles. The highest BCUT2D eigenvalue weighted by atomic mass is 16.5. The highest BCUT2D eigenvalue weighted by Gasteiger charge is 2.21. The third kappa shape index (κ3) is 1.73. The molecular formula is C11H16N2O. The molecule has 1 unspecified atom stereocenters. The number of nitrogens with zero attached hydrogens (tertiary/aromatic N) is 1. The van der Waals surface area contributed by atoms with Gasteiger partial charge in [-0.05, 0) is 38.4 Å². The fourth-order valence-corrected chi connectivity index (χ4v) is 1.90. The average Bonchev–Trinajstić information content (AvgIpc) is 2.70. The number of aromatic nitrogens is 1. The van der Waals surface area contributed by atoms with E-state index in [1.54, 1.807) is 7.11 Å². The first-order valence-electron chi connectivity index (χ1n) is 5.06. The van der Waals surface area contributed by atoms with E-state index in [4.69, 9.17) is 4.74 Å². The Bertz CT molecular complexity index is 319. The summed E-state index contributed by atoms with van der Waals surface area (Å²) in [4.78, 5) is 4.54. The lowest BCUT2D eigenvalue weighted by Gasteiger charge is -2.14. The maximum atomic E-state index is 5.31. The zero-order valence-electron chi connectivity index (χ0n) is 8.71. The van der Waals surface area contributed by atoms with Crippen molar-refractivity contribution in [2.75, 3.05) is 13.7 Å². The molecule has 14 heavy (non-hydrogen) atoms. The van der Waals surface area contributed by atoms with Crippen LogP contribution in [0.2, 0.25) is 0 Å². The van der Waals surface area contributed by atoms with Crippen LogP contribution in [0.25, 0.3) is 0 Å². The van der Waals surface area contributed by atoms with Gasteiger partial charge in [0.1, 0.15) is 5.75 Å². The topological polar surface area (TPSA) is 34.1 Å². The first kappa shape index (κ1) is 9.46. The Morgan fingerprint density at radius 2 is 2.36 bits per heavy atom. The first-order chi connectivity index (χ1) is 6.81. The highest BCUT2D eigenvalue weighted by Crippen LogP contribution is 2.28.